The Labute approximate surface area is 130 Å². The van der Waals surface area contributed by atoms with Gasteiger partial charge < -0.3 is 11.1 Å². The third-order valence-corrected chi connectivity index (χ3v) is 4.56. The Morgan fingerprint density at radius 1 is 1.29 bits per heavy atom. The number of nitrogens with two attached hydrogens (primary N) is 1. The van der Waals surface area contributed by atoms with Gasteiger partial charge in [-0.25, -0.2) is 0 Å². The highest BCUT2D eigenvalue weighted by Crippen LogP contribution is 2.22. The molecule has 0 bridgehead atoms. The Balaban J connectivity index is 2.05. The molecule has 0 saturated carbocycles. The Hall–Kier alpha value is -1.85. The summed E-state index contributed by atoms with van der Waals surface area (Å²) in [4.78, 5) is 12.3. The first kappa shape index (κ1) is 15.5. The van der Waals surface area contributed by atoms with Gasteiger partial charge in [-0.1, -0.05) is 23.7 Å². The first-order valence-corrected chi connectivity index (χ1v) is 7.95. The molecule has 4 nitrogen and oxygen atoms in total. The van der Waals surface area contributed by atoms with Crippen molar-refractivity contribution in [2.45, 2.75) is 11.8 Å². The van der Waals surface area contributed by atoms with E-state index in [1.54, 1.807) is 18.2 Å². The number of rotatable bonds is 4. The Morgan fingerprint density at radius 2 is 2.05 bits per heavy atom. The van der Waals surface area contributed by atoms with Gasteiger partial charge in [0.1, 0.15) is 5.75 Å². The van der Waals surface area contributed by atoms with Crippen molar-refractivity contribution in [3.63, 3.8) is 0 Å². The van der Waals surface area contributed by atoms with E-state index in [0.29, 0.717) is 21.3 Å². The standard InChI is InChI=1S/C15H15ClN2O2S/c1-10-3-2-4-12(7-10)18-15(19)9-21(20)14-8-11(17)5-6-13(14)16/h2-8H,9,17H2,1H3,(H,18,19). The second-order valence-electron chi connectivity index (χ2n) is 4.60. The van der Waals surface area contributed by atoms with Crippen molar-refractivity contribution < 1.29 is 9.00 Å². The van der Waals surface area contributed by atoms with Crippen LogP contribution in [0, 0.1) is 6.92 Å². The highest BCUT2D eigenvalue weighted by molar-refractivity contribution is 7.86. The Bertz CT molecular complexity index is 704. The van der Waals surface area contributed by atoms with Gasteiger partial charge in [0.05, 0.1) is 20.7 Å². The van der Waals surface area contributed by atoms with Crippen molar-refractivity contribution in [3.8, 4) is 0 Å². The number of amides is 1. The summed E-state index contributed by atoms with van der Waals surface area (Å²) >= 11 is 5.98. The van der Waals surface area contributed by atoms with Gasteiger partial charge in [0.15, 0.2) is 0 Å². The molecular weight excluding hydrogens is 308 g/mol. The summed E-state index contributed by atoms with van der Waals surface area (Å²) in [6.45, 7) is 1.93. The van der Waals surface area contributed by atoms with E-state index in [0.717, 1.165) is 5.56 Å². The van der Waals surface area contributed by atoms with Crippen LogP contribution in [0.4, 0.5) is 11.4 Å². The van der Waals surface area contributed by atoms with Gasteiger partial charge in [-0.2, -0.15) is 0 Å². The number of aryl methyl sites for hydroxylation is 1. The number of anilines is 2. The van der Waals surface area contributed by atoms with Crippen LogP contribution in [-0.4, -0.2) is 15.9 Å². The molecule has 1 amide bonds. The largest absolute Gasteiger partial charge is 0.399 e. The second-order valence-corrected chi connectivity index (χ2v) is 6.42. The fourth-order valence-corrected chi connectivity index (χ4v) is 3.21. The van der Waals surface area contributed by atoms with Crippen LogP contribution in [0.25, 0.3) is 0 Å². The molecule has 2 aromatic rings. The molecule has 3 N–H and O–H groups in total. The Kier molecular flexibility index (Phi) is 4.98. The number of hydrogen-bond donors (Lipinski definition) is 2. The van der Waals surface area contributed by atoms with Gasteiger partial charge in [-0.15, -0.1) is 0 Å². The fourth-order valence-electron chi connectivity index (χ4n) is 1.81. The lowest BCUT2D eigenvalue weighted by atomic mass is 10.2. The van der Waals surface area contributed by atoms with Crippen LogP contribution in [0.2, 0.25) is 5.02 Å². The van der Waals surface area contributed by atoms with E-state index in [9.17, 15) is 9.00 Å². The van der Waals surface area contributed by atoms with Gasteiger partial charge in [0.2, 0.25) is 5.91 Å². The highest BCUT2D eigenvalue weighted by Gasteiger charge is 2.14. The highest BCUT2D eigenvalue weighted by atomic mass is 35.5. The van der Waals surface area contributed by atoms with Crippen LogP contribution in [0.5, 0.6) is 0 Å². The monoisotopic (exact) mass is 322 g/mol. The summed E-state index contributed by atoms with van der Waals surface area (Å²) in [5.41, 5.74) is 7.81. The maximum Gasteiger partial charge on any atom is 0.237 e. The van der Waals surface area contributed by atoms with Crippen LogP contribution in [-0.2, 0) is 15.6 Å². The maximum atomic E-state index is 12.2. The number of nitrogen functional groups attached to an aromatic ring is 1. The molecule has 0 spiro atoms. The van der Waals surface area contributed by atoms with Crippen molar-refractivity contribution in [2.24, 2.45) is 0 Å². The average Bonchev–Trinajstić information content (AvgIpc) is 2.41. The molecule has 6 heteroatoms. The van der Waals surface area contributed by atoms with Crippen LogP contribution in [0.1, 0.15) is 5.56 Å². The molecule has 0 aromatic heterocycles. The number of carbonyl (C=O) groups is 1. The number of carbonyl (C=O) groups excluding carboxylic acids is 1. The summed E-state index contributed by atoms with van der Waals surface area (Å²) in [7, 11) is -1.54. The molecule has 0 aliphatic carbocycles. The normalized spacial score (nSPS) is 11.9. The van der Waals surface area contributed by atoms with Gasteiger partial charge in [0.25, 0.3) is 0 Å². The first-order valence-electron chi connectivity index (χ1n) is 6.25. The predicted octanol–water partition coefficient (Wildman–Crippen LogP) is 2.98. The fraction of sp³-hybridized carbons (Fsp3) is 0.133. The second kappa shape index (κ2) is 6.74. The molecule has 110 valence electrons. The molecule has 2 rings (SSSR count). The smallest absolute Gasteiger partial charge is 0.237 e. The first-order chi connectivity index (χ1) is 9.95. The SMILES string of the molecule is Cc1cccc(NC(=O)CS(=O)c2cc(N)ccc2Cl)c1. The zero-order valence-electron chi connectivity index (χ0n) is 11.4. The minimum absolute atomic E-state index is 0.170. The van der Waals surface area contributed by atoms with Crippen LogP contribution >= 0.6 is 11.6 Å². The summed E-state index contributed by atoms with van der Waals surface area (Å²) in [5, 5.41) is 3.05. The van der Waals surface area contributed by atoms with Gasteiger partial charge in [-0.3, -0.25) is 9.00 Å². The minimum atomic E-state index is -1.54. The topological polar surface area (TPSA) is 72.2 Å². The van der Waals surface area contributed by atoms with Crippen molar-refractivity contribution >= 4 is 39.7 Å². The third kappa shape index (κ3) is 4.31. The van der Waals surface area contributed by atoms with Crippen molar-refractivity contribution in [3.05, 3.63) is 53.1 Å². The lowest BCUT2D eigenvalue weighted by molar-refractivity contribution is -0.113. The van der Waals surface area contributed by atoms with Crippen LogP contribution in [0.15, 0.2) is 47.4 Å². The zero-order valence-corrected chi connectivity index (χ0v) is 13.0. The minimum Gasteiger partial charge on any atom is -0.399 e. The molecule has 0 aliphatic rings. The van der Waals surface area contributed by atoms with E-state index >= 15 is 0 Å². The number of benzene rings is 2. The van der Waals surface area contributed by atoms with E-state index in [4.69, 9.17) is 17.3 Å². The molecule has 0 fully saturated rings. The van der Waals surface area contributed by atoms with Gasteiger partial charge in [-0.05, 0) is 42.8 Å². The maximum absolute atomic E-state index is 12.2. The molecule has 0 saturated heterocycles. The number of hydrogen-bond acceptors (Lipinski definition) is 3. The summed E-state index contributed by atoms with van der Waals surface area (Å²) in [5.74, 6) is -0.505. The summed E-state index contributed by atoms with van der Waals surface area (Å²) in [6, 6.07) is 12.1. The van der Waals surface area contributed by atoms with E-state index in [1.807, 2.05) is 25.1 Å². The Morgan fingerprint density at radius 3 is 2.76 bits per heavy atom. The molecule has 0 heterocycles. The molecule has 1 atom stereocenters. The molecule has 0 radical (unpaired) electrons. The van der Waals surface area contributed by atoms with E-state index in [-0.39, 0.29) is 11.7 Å². The quantitative estimate of drug-likeness (QED) is 0.850. The van der Waals surface area contributed by atoms with E-state index in [2.05, 4.69) is 5.32 Å². The summed E-state index contributed by atoms with van der Waals surface area (Å²) < 4.78 is 12.2. The van der Waals surface area contributed by atoms with Gasteiger partial charge in [0, 0.05) is 11.4 Å². The molecular formula is C15H15ClN2O2S. The van der Waals surface area contributed by atoms with Crippen molar-refractivity contribution in [1.29, 1.82) is 0 Å². The zero-order chi connectivity index (χ0) is 15.4. The molecule has 0 aliphatic heterocycles. The number of halogens is 1. The summed E-state index contributed by atoms with van der Waals surface area (Å²) in [6.07, 6.45) is 0. The predicted molar refractivity (Wildman–Crippen MR) is 86.9 cm³/mol. The number of nitrogens with one attached hydrogen (secondary N) is 1. The molecule has 21 heavy (non-hydrogen) atoms. The van der Waals surface area contributed by atoms with Gasteiger partial charge >= 0.3 is 0 Å². The molecule has 1 unspecified atom stereocenters. The molecule has 2 aromatic carbocycles. The van der Waals surface area contributed by atoms with Crippen LogP contribution < -0.4 is 11.1 Å². The van der Waals surface area contributed by atoms with Crippen molar-refractivity contribution in [1.82, 2.24) is 0 Å². The van der Waals surface area contributed by atoms with E-state index in [1.165, 1.54) is 6.07 Å². The third-order valence-electron chi connectivity index (χ3n) is 2.76. The lowest BCUT2D eigenvalue weighted by Crippen LogP contribution is -2.19. The van der Waals surface area contributed by atoms with Crippen LogP contribution in [0.3, 0.4) is 0 Å². The average molecular weight is 323 g/mol. The van der Waals surface area contributed by atoms with E-state index < -0.39 is 10.8 Å². The van der Waals surface area contributed by atoms with Crippen molar-refractivity contribution in [2.75, 3.05) is 16.8 Å². The lowest BCUT2D eigenvalue weighted by Gasteiger charge is -2.07.